The molecule has 1 heterocycles. The van der Waals surface area contributed by atoms with E-state index in [0.717, 1.165) is 6.42 Å². The average Bonchev–Trinajstić information content (AvgIpc) is 2.83. The fourth-order valence-electron chi connectivity index (χ4n) is 1.50. The van der Waals surface area contributed by atoms with Crippen molar-refractivity contribution >= 4 is 11.7 Å². The monoisotopic (exact) mass is 216 g/mol. The first kappa shape index (κ1) is 10.5. The molecular formula is C12H12N2O2. The lowest BCUT2D eigenvalue weighted by atomic mass is 10.2. The van der Waals surface area contributed by atoms with Crippen LogP contribution in [0.15, 0.2) is 24.3 Å². The van der Waals surface area contributed by atoms with Crippen molar-refractivity contribution in [2.24, 2.45) is 0 Å². The number of carbonyl (C=O) groups is 1. The average molecular weight is 216 g/mol. The minimum absolute atomic E-state index is 0.278. The zero-order chi connectivity index (χ0) is 11.4. The standard InChI is InChI=1S/C12H12N2O2/c1-2-10-6-3-4-7-11(10)13-12(15)14-8-5-9-16-14/h1,3-4,6-7H,5,8-9H2,(H,13,15). The number of hydrogen-bond donors (Lipinski definition) is 1. The molecule has 0 unspecified atom stereocenters. The van der Waals surface area contributed by atoms with Crippen molar-refractivity contribution in [3.8, 4) is 12.3 Å². The Kier molecular flexibility index (Phi) is 3.08. The van der Waals surface area contributed by atoms with E-state index < -0.39 is 0 Å². The Morgan fingerprint density at radius 1 is 1.50 bits per heavy atom. The molecule has 4 heteroatoms. The van der Waals surface area contributed by atoms with Crippen molar-refractivity contribution in [2.75, 3.05) is 18.5 Å². The van der Waals surface area contributed by atoms with Gasteiger partial charge in [-0.25, -0.2) is 9.86 Å². The number of carbonyl (C=O) groups excluding carboxylic acids is 1. The molecule has 0 radical (unpaired) electrons. The lowest BCUT2D eigenvalue weighted by molar-refractivity contribution is -0.0614. The summed E-state index contributed by atoms with van der Waals surface area (Å²) in [5.41, 5.74) is 1.29. The predicted octanol–water partition coefficient (Wildman–Crippen LogP) is 1.84. The van der Waals surface area contributed by atoms with Gasteiger partial charge < -0.3 is 5.32 Å². The minimum atomic E-state index is -0.278. The second-order valence-electron chi connectivity index (χ2n) is 3.41. The number of terminal acetylenes is 1. The van der Waals surface area contributed by atoms with Gasteiger partial charge in [0.05, 0.1) is 18.8 Å². The summed E-state index contributed by atoms with van der Waals surface area (Å²) >= 11 is 0. The molecule has 2 amide bonds. The van der Waals surface area contributed by atoms with Gasteiger partial charge >= 0.3 is 6.03 Å². The minimum Gasteiger partial charge on any atom is -0.305 e. The molecule has 1 N–H and O–H groups in total. The van der Waals surface area contributed by atoms with Crippen LogP contribution in [0.1, 0.15) is 12.0 Å². The molecule has 0 bridgehead atoms. The Morgan fingerprint density at radius 2 is 2.31 bits per heavy atom. The molecule has 2 rings (SSSR count). The number of nitrogens with zero attached hydrogens (tertiary/aromatic N) is 1. The molecule has 1 saturated heterocycles. The largest absolute Gasteiger partial charge is 0.345 e. The molecular weight excluding hydrogens is 204 g/mol. The lowest BCUT2D eigenvalue weighted by Gasteiger charge is -2.15. The van der Waals surface area contributed by atoms with E-state index in [1.54, 1.807) is 12.1 Å². The van der Waals surface area contributed by atoms with E-state index in [1.807, 2.05) is 12.1 Å². The number of anilines is 1. The highest BCUT2D eigenvalue weighted by molar-refractivity contribution is 5.90. The van der Waals surface area contributed by atoms with Crippen LogP contribution in [0.25, 0.3) is 0 Å². The van der Waals surface area contributed by atoms with Gasteiger partial charge in [0.15, 0.2) is 0 Å². The van der Waals surface area contributed by atoms with Gasteiger partial charge in [-0.2, -0.15) is 0 Å². The molecule has 0 atom stereocenters. The van der Waals surface area contributed by atoms with E-state index >= 15 is 0 Å². The molecule has 16 heavy (non-hydrogen) atoms. The van der Waals surface area contributed by atoms with Crippen molar-refractivity contribution in [3.05, 3.63) is 29.8 Å². The number of rotatable bonds is 1. The molecule has 0 saturated carbocycles. The number of nitrogens with one attached hydrogen (secondary N) is 1. The molecule has 4 nitrogen and oxygen atoms in total. The predicted molar refractivity (Wildman–Crippen MR) is 60.7 cm³/mol. The summed E-state index contributed by atoms with van der Waals surface area (Å²) in [5.74, 6) is 2.52. The third-order valence-electron chi connectivity index (χ3n) is 2.30. The van der Waals surface area contributed by atoms with Gasteiger partial charge in [0.1, 0.15) is 0 Å². The first-order valence-electron chi connectivity index (χ1n) is 5.08. The highest BCUT2D eigenvalue weighted by Gasteiger charge is 2.19. The Bertz CT molecular complexity index is 431. The van der Waals surface area contributed by atoms with Crippen LogP contribution in [0.4, 0.5) is 10.5 Å². The highest BCUT2D eigenvalue weighted by atomic mass is 16.7. The van der Waals surface area contributed by atoms with Gasteiger partial charge in [-0.3, -0.25) is 4.84 Å². The molecule has 1 aromatic rings. The molecule has 1 aromatic carbocycles. The van der Waals surface area contributed by atoms with Crippen LogP contribution in [-0.4, -0.2) is 24.2 Å². The fourth-order valence-corrected chi connectivity index (χ4v) is 1.50. The van der Waals surface area contributed by atoms with E-state index in [1.165, 1.54) is 5.06 Å². The Labute approximate surface area is 94.2 Å². The van der Waals surface area contributed by atoms with Crippen LogP contribution >= 0.6 is 0 Å². The number of benzene rings is 1. The van der Waals surface area contributed by atoms with E-state index in [2.05, 4.69) is 11.2 Å². The topological polar surface area (TPSA) is 41.6 Å². The Balaban J connectivity index is 2.08. The van der Waals surface area contributed by atoms with E-state index in [9.17, 15) is 4.79 Å². The van der Waals surface area contributed by atoms with Crippen LogP contribution in [0.3, 0.4) is 0 Å². The van der Waals surface area contributed by atoms with E-state index in [-0.39, 0.29) is 6.03 Å². The van der Waals surface area contributed by atoms with E-state index in [0.29, 0.717) is 24.4 Å². The second-order valence-corrected chi connectivity index (χ2v) is 3.41. The van der Waals surface area contributed by atoms with Gasteiger partial charge in [0.2, 0.25) is 0 Å². The quantitative estimate of drug-likeness (QED) is 0.728. The maximum Gasteiger partial charge on any atom is 0.345 e. The summed E-state index contributed by atoms with van der Waals surface area (Å²) in [6.07, 6.45) is 6.20. The third-order valence-corrected chi connectivity index (χ3v) is 2.30. The summed E-state index contributed by atoms with van der Waals surface area (Å²) in [6.45, 7) is 1.20. The SMILES string of the molecule is C#Cc1ccccc1NC(=O)N1CCCO1. The van der Waals surface area contributed by atoms with Crippen molar-refractivity contribution in [1.82, 2.24) is 5.06 Å². The van der Waals surface area contributed by atoms with Crippen molar-refractivity contribution in [1.29, 1.82) is 0 Å². The highest BCUT2D eigenvalue weighted by Crippen LogP contribution is 2.15. The fraction of sp³-hybridized carbons (Fsp3) is 0.250. The van der Waals surface area contributed by atoms with Gasteiger partial charge in [-0.1, -0.05) is 18.1 Å². The Morgan fingerprint density at radius 3 is 3.00 bits per heavy atom. The van der Waals surface area contributed by atoms with E-state index in [4.69, 9.17) is 11.3 Å². The number of hydrogen-bond acceptors (Lipinski definition) is 2. The van der Waals surface area contributed by atoms with Crippen molar-refractivity contribution < 1.29 is 9.63 Å². The van der Waals surface area contributed by atoms with Crippen LogP contribution in [0, 0.1) is 12.3 Å². The van der Waals surface area contributed by atoms with Gasteiger partial charge in [0, 0.05) is 5.56 Å². The summed E-state index contributed by atoms with van der Waals surface area (Å²) in [6, 6.07) is 6.92. The summed E-state index contributed by atoms with van der Waals surface area (Å²) in [4.78, 5) is 16.8. The Hall–Kier alpha value is -1.99. The molecule has 0 aliphatic carbocycles. The van der Waals surface area contributed by atoms with Crippen LogP contribution < -0.4 is 5.32 Å². The normalized spacial score (nSPS) is 14.6. The smallest absolute Gasteiger partial charge is 0.305 e. The van der Waals surface area contributed by atoms with Crippen molar-refractivity contribution in [3.63, 3.8) is 0 Å². The second kappa shape index (κ2) is 4.69. The first-order chi connectivity index (χ1) is 7.81. The lowest BCUT2D eigenvalue weighted by Crippen LogP contribution is -2.31. The molecule has 1 aliphatic rings. The number of hydroxylamine groups is 2. The molecule has 0 aromatic heterocycles. The molecule has 1 aliphatic heterocycles. The van der Waals surface area contributed by atoms with Crippen LogP contribution in [-0.2, 0) is 4.84 Å². The molecule has 82 valence electrons. The van der Waals surface area contributed by atoms with Crippen LogP contribution in [0.5, 0.6) is 0 Å². The van der Waals surface area contributed by atoms with Gasteiger partial charge in [-0.15, -0.1) is 6.42 Å². The van der Waals surface area contributed by atoms with Crippen molar-refractivity contribution in [2.45, 2.75) is 6.42 Å². The summed E-state index contributed by atoms with van der Waals surface area (Å²) in [5, 5.41) is 4.04. The number of para-hydroxylation sites is 1. The zero-order valence-corrected chi connectivity index (χ0v) is 8.77. The third kappa shape index (κ3) is 2.15. The molecule has 0 spiro atoms. The zero-order valence-electron chi connectivity index (χ0n) is 8.77. The number of amides is 2. The van der Waals surface area contributed by atoms with Gasteiger partial charge in [0.25, 0.3) is 0 Å². The summed E-state index contributed by atoms with van der Waals surface area (Å²) < 4.78 is 0. The maximum atomic E-state index is 11.7. The first-order valence-corrected chi connectivity index (χ1v) is 5.08. The van der Waals surface area contributed by atoms with Crippen LogP contribution in [0.2, 0.25) is 0 Å². The number of urea groups is 1. The van der Waals surface area contributed by atoms with Gasteiger partial charge in [-0.05, 0) is 18.6 Å². The molecule has 1 fully saturated rings. The summed E-state index contributed by atoms with van der Waals surface area (Å²) in [7, 11) is 0. The maximum absolute atomic E-state index is 11.7.